The molecule has 2 aromatic heterocycles. The molecule has 2 aromatic rings. The minimum absolute atomic E-state index is 0.407. The van der Waals surface area contributed by atoms with Gasteiger partial charge in [0.05, 0.1) is 29.3 Å². The van der Waals surface area contributed by atoms with E-state index in [0.717, 1.165) is 6.20 Å². The molecule has 0 atom stereocenters. The number of aromatic amines is 1. The largest absolute Gasteiger partial charge is 0.298 e. The number of H-pyrrole nitrogens is 1. The van der Waals surface area contributed by atoms with E-state index in [1.807, 2.05) is 0 Å². The fraction of sp³-hybridized carbons (Fsp3) is 0. The third-order valence-corrected chi connectivity index (χ3v) is 1.78. The summed E-state index contributed by atoms with van der Waals surface area (Å²) < 4.78 is 12.6. The first kappa shape index (κ1) is 8.55. The van der Waals surface area contributed by atoms with Crippen molar-refractivity contribution in [2.24, 2.45) is 0 Å². The molecule has 14 heavy (non-hydrogen) atoms. The van der Waals surface area contributed by atoms with Crippen LogP contribution in [0.15, 0.2) is 24.5 Å². The Kier molecular flexibility index (Phi) is 2.06. The Labute approximate surface area is 78.8 Å². The molecule has 1 N–H and O–H groups in total. The van der Waals surface area contributed by atoms with Gasteiger partial charge in [-0.15, -0.1) is 0 Å². The van der Waals surface area contributed by atoms with Crippen LogP contribution in [0.3, 0.4) is 0 Å². The maximum absolute atomic E-state index is 12.6. The molecule has 0 saturated carbocycles. The number of halogens is 1. The van der Waals surface area contributed by atoms with Crippen molar-refractivity contribution in [3.8, 4) is 11.4 Å². The van der Waals surface area contributed by atoms with Crippen molar-refractivity contribution in [1.82, 2.24) is 15.2 Å². The van der Waals surface area contributed by atoms with Crippen molar-refractivity contribution in [3.05, 3.63) is 35.9 Å². The summed E-state index contributed by atoms with van der Waals surface area (Å²) in [7, 11) is 0. The summed E-state index contributed by atoms with van der Waals surface area (Å²) in [6, 6.07) is 2.76. The molecule has 0 aliphatic carbocycles. The SMILES string of the molecule is O=Cc1cn[nH]c1-c1ccc(F)cn1. The number of hydrogen-bond donors (Lipinski definition) is 1. The van der Waals surface area contributed by atoms with E-state index in [2.05, 4.69) is 15.2 Å². The minimum Gasteiger partial charge on any atom is -0.298 e. The first-order chi connectivity index (χ1) is 6.81. The number of hydrogen-bond acceptors (Lipinski definition) is 3. The summed E-state index contributed by atoms with van der Waals surface area (Å²) >= 11 is 0. The Balaban J connectivity index is 2.49. The number of nitrogens with one attached hydrogen (secondary N) is 1. The summed E-state index contributed by atoms with van der Waals surface area (Å²) in [5, 5.41) is 6.33. The first-order valence-corrected chi connectivity index (χ1v) is 3.92. The molecule has 0 unspecified atom stereocenters. The van der Waals surface area contributed by atoms with Gasteiger partial charge in [-0.1, -0.05) is 0 Å². The third kappa shape index (κ3) is 1.39. The van der Waals surface area contributed by atoms with Gasteiger partial charge in [0.25, 0.3) is 0 Å². The molecule has 0 amide bonds. The van der Waals surface area contributed by atoms with Crippen LogP contribution < -0.4 is 0 Å². The van der Waals surface area contributed by atoms with Gasteiger partial charge in [-0.2, -0.15) is 5.10 Å². The highest BCUT2D eigenvalue weighted by molar-refractivity contribution is 5.84. The Morgan fingerprint density at radius 1 is 1.36 bits per heavy atom. The highest BCUT2D eigenvalue weighted by atomic mass is 19.1. The molecule has 0 fully saturated rings. The molecule has 0 radical (unpaired) electrons. The summed E-state index contributed by atoms with van der Waals surface area (Å²) in [6.07, 6.45) is 3.15. The zero-order valence-corrected chi connectivity index (χ0v) is 7.07. The lowest BCUT2D eigenvalue weighted by atomic mass is 10.2. The summed E-state index contributed by atoms with van der Waals surface area (Å²) in [5.74, 6) is -0.416. The van der Waals surface area contributed by atoms with E-state index in [-0.39, 0.29) is 0 Å². The van der Waals surface area contributed by atoms with Crippen LogP contribution >= 0.6 is 0 Å². The Bertz CT molecular complexity index is 449. The van der Waals surface area contributed by atoms with Crippen LogP contribution in [0.2, 0.25) is 0 Å². The Morgan fingerprint density at radius 2 is 2.21 bits per heavy atom. The van der Waals surface area contributed by atoms with E-state index >= 15 is 0 Å². The van der Waals surface area contributed by atoms with Crippen molar-refractivity contribution in [2.45, 2.75) is 0 Å². The molecular formula is C9H6FN3O. The minimum atomic E-state index is -0.416. The molecule has 0 aromatic carbocycles. The predicted octanol–water partition coefficient (Wildman–Crippen LogP) is 1.42. The summed E-state index contributed by atoms with van der Waals surface area (Å²) in [4.78, 5) is 14.4. The molecule has 2 heterocycles. The van der Waals surface area contributed by atoms with E-state index < -0.39 is 5.82 Å². The molecule has 5 heteroatoms. The topological polar surface area (TPSA) is 58.6 Å². The number of nitrogens with zero attached hydrogens (tertiary/aromatic N) is 2. The molecule has 4 nitrogen and oxygen atoms in total. The van der Waals surface area contributed by atoms with Gasteiger partial charge in [-0.3, -0.25) is 14.9 Å². The van der Waals surface area contributed by atoms with Crippen LogP contribution in [0.25, 0.3) is 11.4 Å². The second-order valence-corrected chi connectivity index (χ2v) is 2.68. The second kappa shape index (κ2) is 3.37. The van der Waals surface area contributed by atoms with Gasteiger partial charge in [0.1, 0.15) is 5.82 Å². The Morgan fingerprint density at radius 3 is 2.86 bits per heavy atom. The molecule has 0 bridgehead atoms. The lowest BCUT2D eigenvalue weighted by Gasteiger charge is -1.96. The second-order valence-electron chi connectivity index (χ2n) is 2.68. The van der Waals surface area contributed by atoms with E-state index in [1.54, 1.807) is 0 Å². The molecular weight excluding hydrogens is 185 g/mol. The van der Waals surface area contributed by atoms with Crippen LogP contribution in [-0.4, -0.2) is 21.5 Å². The number of carbonyl (C=O) groups excluding carboxylic acids is 1. The van der Waals surface area contributed by atoms with Gasteiger partial charge >= 0.3 is 0 Å². The summed E-state index contributed by atoms with van der Waals surface area (Å²) in [5.41, 5.74) is 1.40. The normalized spacial score (nSPS) is 10.1. The quantitative estimate of drug-likeness (QED) is 0.730. The molecule has 0 aliphatic rings. The standard InChI is InChI=1S/C9H6FN3O/c10-7-1-2-8(11-4-7)9-6(5-14)3-12-13-9/h1-5H,(H,12,13). The molecule has 0 spiro atoms. The van der Waals surface area contributed by atoms with Gasteiger partial charge in [0.15, 0.2) is 6.29 Å². The average Bonchev–Trinajstić information content (AvgIpc) is 2.67. The summed E-state index contributed by atoms with van der Waals surface area (Å²) in [6.45, 7) is 0. The van der Waals surface area contributed by atoms with Crippen LogP contribution in [0.1, 0.15) is 10.4 Å². The number of aldehydes is 1. The first-order valence-electron chi connectivity index (χ1n) is 3.92. The van der Waals surface area contributed by atoms with Crippen molar-refractivity contribution in [1.29, 1.82) is 0 Å². The molecule has 0 saturated heterocycles. The lowest BCUT2D eigenvalue weighted by molar-refractivity contribution is 0.112. The number of rotatable bonds is 2. The van der Waals surface area contributed by atoms with E-state index in [4.69, 9.17) is 0 Å². The van der Waals surface area contributed by atoms with Gasteiger partial charge in [-0.05, 0) is 12.1 Å². The number of carbonyl (C=O) groups is 1. The highest BCUT2D eigenvalue weighted by Gasteiger charge is 2.07. The van der Waals surface area contributed by atoms with Gasteiger partial charge in [0.2, 0.25) is 0 Å². The van der Waals surface area contributed by atoms with Crippen molar-refractivity contribution >= 4 is 6.29 Å². The van der Waals surface area contributed by atoms with E-state index in [1.165, 1.54) is 18.3 Å². The number of aromatic nitrogens is 3. The lowest BCUT2D eigenvalue weighted by Crippen LogP contribution is -1.88. The van der Waals surface area contributed by atoms with Crippen molar-refractivity contribution in [3.63, 3.8) is 0 Å². The highest BCUT2D eigenvalue weighted by Crippen LogP contribution is 2.16. The maximum atomic E-state index is 12.6. The van der Waals surface area contributed by atoms with Crippen molar-refractivity contribution in [2.75, 3.05) is 0 Å². The van der Waals surface area contributed by atoms with Gasteiger partial charge in [-0.25, -0.2) is 4.39 Å². The molecule has 70 valence electrons. The van der Waals surface area contributed by atoms with Gasteiger partial charge in [0, 0.05) is 0 Å². The smallest absolute Gasteiger partial charge is 0.153 e. The van der Waals surface area contributed by atoms with Crippen molar-refractivity contribution < 1.29 is 9.18 Å². The predicted molar refractivity (Wildman–Crippen MR) is 47.2 cm³/mol. The maximum Gasteiger partial charge on any atom is 0.153 e. The van der Waals surface area contributed by atoms with Crippen LogP contribution in [0, 0.1) is 5.82 Å². The number of pyridine rings is 1. The zero-order chi connectivity index (χ0) is 9.97. The van der Waals surface area contributed by atoms with Crippen LogP contribution in [0.4, 0.5) is 4.39 Å². The average molecular weight is 191 g/mol. The van der Waals surface area contributed by atoms with Crippen LogP contribution in [0.5, 0.6) is 0 Å². The van der Waals surface area contributed by atoms with E-state index in [0.29, 0.717) is 23.2 Å². The third-order valence-electron chi connectivity index (χ3n) is 1.78. The van der Waals surface area contributed by atoms with E-state index in [9.17, 15) is 9.18 Å². The Hall–Kier alpha value is -2.04. The van der Waals surface area contributed by atoms with Gasteiger partial charge < -0.3 is 0 Å². The fourth-order valence-corrected chi connectivity index (χ4v) is 1.11. The molecule has 0 aliphatic heterocycles. The monoisotopic (exact) mass is 191 g/mol. The zero-order valence-electron chi connectivity index (χ0n) is 7.07. The van der Waals surface area contributed by atoms with Crippen LogP contribution in [-0.2, 0) is 0 Å². The fourth-order valence-electron chi connectivity index (χ4n) is 1.11. The molecule has 2 rings (SSSR count).